The van der Waals surface area contributed by atoms with Gasteiger partial charge in [-0.2, -0.15) is 0 Å². The fraction of sp³-hybridized carbons (Fsp3) is 0.231. The molecule has 0 heterocycles. The Morgan fingerprint density at radius 2 is 1.34 bits per heavy atom. The van der Waals surface area contributed by atoms with Gasteiger partial charge in [0.1, 0.15) is 19.3 Å². The summed E-state index contributed by atoms with van der Waals surface area (Å²) in [6.45, 7) is 1.57. The minimum Gasteiger partial charge on any atom is -0.465 e. The summed E-state index contributed by atoms with van der Waals surface area (Å²) in [4.78, 5) is 26.8. The molecule has 1 amide bonds. The van der Waals surface area contributed by atoms with Gasteiger partial charge in [-0.25, -0.2) is 4.79 Å². The normalized spacial score (nSPS) is 12.4. The van der Waals surface area contributed by atoms with E-state index in [1.807, 2.05) is 66.7 Å². The molecule has 3 aromatic rings. The van der Waals surface area contributed by atoms with Crippen LogP contribution in [0.3, 0.4) is 0 Å². The average molecular weight is 434 g/mol. The molecule has 0 aliphatic rings. The van der Waals surface area contributed by atoms with E-state index in [0.29, 0.717) is 11.1 Å². The van der Waals surface area contributed by atoms with Gasteiger partial charge in [0.25, 0.3) is 0 Å². The summed E-state index contributed by atoms with van der Waals surface area (Å²) in [5, 5.41) is 11.3. The van der Waals surface area contributed by atoms with E-state index in [0.717, 1.165) is 5.56 Å². The Morgan fingerprint density at radius 3 is 1.91 bits per heavy atom. The molecule has 2 atom stereocenters. The van der Waals surface area contributed by atoms with E-state index < -0.39 is 24.2 Å². The average Bonchev–Trinajstić information content (AvgIpc) is 2.84. The van der Waals surface area contributed by atoms with Gasteiger partial charge in [-0.05, 0) is 23.6 Å². The standard InChI is InChI=1S/C26H27NO5/c1-2-31-23(28)18-27(26(30)32-19-20-12-6-3-7-13-20)24(21-14-8-4-9-15-21)25(29)22-16-10-5-11-17-22/h3-17,24-25,29H,2,18-19H2,1H3. The number of amides is 1. The predicted octanol–water partition coefficient (Wildman–Crippen LogP) is 4.66. The molecule has 3 aromatic carbocycles. The first-order valence-electron chi connectivity index (χ1n) is 10.5. The second-order valence-electron chi connectivity index (χ2n) is 7.18. The van der Waals surface area contributed by atoms with E-state index in [4.69, 9.17) is 9.47 Å². The third-order valence-corrected chi connectivity index (χ3v) is 4.96. The van der Waals surface area contributed by atoms with Crippen molar-refractivity contribution in [3.8, 4) is 0 Å². The quantitative estimate of drug-likeness (QED) is 0.497. The molecular formula is C26H27NO5. The van der Waals surface area contributed by atoms with Crippen LogP contribution < -0.4 is 0 Å². The highest BCUT2D eigenvalue weighted by atomic mass is 16.6. The zero-order valence-electron chi connectivity index (χ0n) is 18.0. The predicted molar refractivity (Wildman–Crippen MR) is 121 cm³/mol. The van der Waals surface area contributed by atoms with Crippen LogP contribution in [-0.4, -0.2) is 35.2 Å². The first-order valence-corrected chi connectivity index (χ1v) is 10.5. The lowest BCUT2D eigenvalue weighted by Gasteiger charge is -2.34. The number of carbonyl (C=O) groups is 2. The molecule has 0 aliphatic heterocycles. The number of esters is 1. The van der Waals surface area contributed by atoms with Crippen LogP contribution in [0.4, 0.5) is 4.79 Å². The summed E-state index contributed by atoms with van der Waals surface area (Å²) in [6.07, 6.45) is -1.80. The van der Waals surface area contributed by atoms with Crippen molar-refractivity contribution in [2.24, 2.45) is 0 Å². The molecule has 6 nitrogen and oxygen atoms in total. The van der Waals surface area contributed by atoms with Crippen molar-refractivity contribution in [1.82, 2.24) is 4.90 Å². The molecule has 3 rings (SSSR count). The third-order valence-electron chi connectivity index (χ3n) is 4.96. The van der Waals surface area contributed by atoms with Crippen LogP contribution in [0.2, 0.25) is 0 Å². The second-order valence-corrected chi connectivity index (χ2v) is 7.18. The molecule has 0 aromatic heterocycles. The molecule has 0 aliphatic carbocycles. The molecule has 6 heteroatoms. The minimum absolute atomic E-state index is 0.0436. The Kier molecular flexibility index (Phi) is 8.40. The lowest BCUT2D eigenvalue weighted by atomic mass is 9.94. The van der Waals surface area contributed by atoms with Gasteiger partial charge in [-0.3, -0.25) is 9.69 Å². The Morgan fingerprint density at radius 1 is 0.812 bits per heavy atom. The summed E-state index contributed by atoms with van der Waals surface area (Å²) in [6, 6.07) is 26.5. The van der Waals surface area contributed by atoms with Gasteiger partial charge >= 0.3 is 12.1 Å². The molecule has 0 saturated carbocycles. The van der Waals surface area contributed by atoms with E-state index in [1.165, 1.54) is 4.90 Å². The van der Waals surface area contributed by atoms with Crippen LogP contribution in [0.5, 0.6) is 0 Å². The maximum atomic E-state index is 13.2. The van der Waals surface area contributed by atoms with E-state index >= 15 is 0 Å². The maximum absolute atomic E-state index is 13.2. The van der Waals surface area contributed by atoms with Gasteiger partial charge in [0.15, 0.2) is 0 Å². The molecule has 0 bridgehead atoms. The second kappa shape index (κ2) is 11.7. The first kappa shape index (κ1) is 23.0. The Labute approximate surface area is 188 Å². The van der Waals surface area contributed by atoms with Crippen LogP contribution in [0.25, 0.3) is 0 Å². The smallest absolute Gasteiger partial charge is 0.411 e. The maximum Gasteiger partial charge on any atom is 0.411 e. The van der Waals surface area contributed by atoms with Gasteiger partial charge in [-0.15, -0.1) is 0 Å². The highest BCUT2D eigenvalue weighted by Gasteiger charge is 2.35. The number of ether oxygens (including phenoxy) is 2. The number of aliphatic hydroxyl groups excluding tert-OH is 1. The Balaban J connectivity index is 1.94. The number of aliphatic hydroxyl groups is 1. The summed E-state index contributed by atoms with van der Waals surface area (Å²) in [7, 11) is 0. The molecule has 2 unspecified atom stereocenters. The van der Waals surface area contributed by atoms with Crippen molar-refractivity contribution in [1.29, 1.82) is 0 Å². The molecular weight excluding hydrogens is 406 g/mol. The molecule has 1 N–H and O–H groups in total. The van der Waals surface area contributed by atoms with Crippen molar-refractivity contribution in [2.45, 2.75) is 25.7 Å². The number of benzene rings is 3. The zero-order valence-corrected chi connectivity index (χ0v) is 18.0. The van der Waals surface area contributed by atoms with Gasteiger partial charge in [0.05, 0.1) is 12.6 Å². The SMILES string of the molecule is CCOC(=O)CN(C(=O)OCc1ccccc1)C(c1ccccc1)C(O)c1ccccc1. The number of nitrogens with zero attached hydrogens (tertiary/aromatic N) is 1. The lowest BCUT2D eigenvalue weighted by Crippen LogP contribution is -2.42. The van der Waals surface area contributed by atoms with Crippen molar-refractivity contribution in [2.75, 3.05) is 13.2 Å². The minimum atomic E-state index is -1.09. The third kappa shape index (κ3) is 6.18. The van der Waals surface area contributed by atoms with Crippen molar-refractivity contribution in [3.63, 3.8) is 0 Å². The monoisotopic (exact) mass is 433 g/mol. The number of rotatable bonds is 9. The first-order chi connectivity index (χ1) is 15.6. The summed E-state index contributed by atoms with van der Waals surface area (Å²) in [5.41, 5.74) is 2.10. The highest BCUT2D eigenvalue weighted by Crippen LogP contribution is 2.34. The van der Waals surface area contributed by atoms with Gasteiger partial charge in [0, 0.05) is 0 Å². The Hall–Kier alpha value is -3.64. The molecule has 32 heavy (non-hydrogen) atoms. The van der Waals surface area contributed by atoms with Gasteiger partial charge in [-0.1, -0.05) is 91.0 Å². The summed E-state index contributed by atoms with van der Waals surface area (Å²) in [5.74, 6) is -0.578. The number of carbonyl (C=O) groups excluding carboxylic acids is 2. The molecule has 166 valence electrons. The number of hydrogen-bond donors (Lipinski definition) is 1. The van der Waals surface area contributed by atoms with Crippen LogP contribution in [-0.2, 0) is 20.9 Å². The Bertz CT molecular complexity index is 979. The number of hydrogen-bond acceptors (Lipinski definition) is 5. The van der Waals surface area contributed by atoms with Crippen LogP contribution >= 0.6 is 0 Å². The van der Waals surface area contributed by atoms with E-state index in [1.54, 1.807) is 31.2 Å². The topological polar surface area (TPSA) is 76.1 Å². The van der Waals surface area contributed by atoms with Crippen molar-refractivity contribution >= 4 is 12.1 Å². The van der Waals surface area contributed by atoms with Gasteiger partial charge in [0.2, 0.25) is 0 Å². The molecule has 0 spiro atoms. The fourth-order valence-electron chi connectivity index (χ4n) is 3.44. The lowest BCUT2D eigenvalue weighted by molar-refractivity contribution is -0.145. The van der Waals surface area contributed by atoms with Crippen LogP contribution in [0, 0.1) is 0 Å². The van der Waals surface area contributed by atoms with Crippen LogP contribution in [0.15, 0.2) is 91.0 Å². The summed E-state index contributed by atoms with van der Waals surface area (Å²) >= 11 is 0. The summed E-state index contributed by atoms with van der Waals surface area (Å²) < 4.78 is 10.6. The highest BCUT2D eigenvalue weighted by molar-refractivity contribution is 5.78. The van der Waals surface area contributed by atoms with Crippen molar-refractivity contribution in [3.05, 3.63) is 108 Å². The molecule has 0 fully saturated rings. The van der Waals surface area contributed by atoms with Crippen LogP contribution in [0.1, 0.15) is 35.8 Å². The van der Waals surface area contributed by atoms with E-state index in [9.17, 15) is 14.7 Å². The van der Waals surface area contributed by atoms with E-state index in [2.05, 4.69) is 0 Å². The largest absolute Gasteiger partial charge is 0.465 e. The zero-order chi connectivity index (χ0) is 22.8. The molecule has 0 radical (unpaired) electrons. The van der Waals surface area contributed by atoms with Gasteiger partial charge < -0.3 is 14.6 Å². The van der Waals surface area contributed by atoms with Crippen molar-refractivity contribution < 1.29 is 24.2 Å². The molecule has 0 saturated heterocycles. The fourth-order valence-corrected chi connectivity index (χ4v) is 3.44. The van der Waals surface area contributed by atoms with E-state index in [-0.39, 0.29) is 19.8 Å².